The first-order valence-corrected chi connectivity index (χ1v) is 10.2. The molecule has 29 heavy (non-hydrogen) atoms. The van der Waals surface area contributed by atoms with Crippen LogP contribution in [0.5, 0.6) is 5.75 Å². The Labute approximate surface area is 174 Å². The van der Waals surface area contributed by atoms with Crippen molar-refractivity contribution in [3.8, 4) is 5.75 Å². The number of methoxy groups -OCH3 is 1. The van der Waals surface area contributed by atoms with Crippen LogP contribution in [-0.2, 0) is 4.74 Å². The van der Waals surface area contributed by atoms with E-state index >= 15 is 0 Å². The van der Waals surface area contributed by atoms with Crippen molar-refractivity contribution in [3.05, 3.63) is 52.6 Å². The quantitative estimate of drug-likeness (QED) is 0.558. The lowest BCUT2D eigenvalue weighted by Gasteiger charge is -2.23. The van der Waals surface area contributed by atoms with Crippen molar-refractivity contribution >= 4 is 44.2 Å². The Kier molecular flexibility index (Phi) is 5.67. The van der Waals surface area contributed by atoms with Gasteiger partial charge in [0.15, 0.2) is 16.8 Å². The van der Waals surface area contributed by atoms with Gasteiger partial charge in [-0.3, -0.25) is 9.69 Å². The summed E-state index contributed by atoms with van der Waals surface area (Å²) in [7, 11) is 1.53. The fourth-order valence-corrected chi connectivity index (χ4v) is 4.51. The van der Waals surface area contributed by atoms with Crippen LogP contribution in [0.1, 0.15) is 23.2 Å². The first kappa shape index (κ1) is 20.0. The number of halogens is 3. The molecule has 0 N–H and O–H groups in total. The van der Waals surface area contributed by atoms with Gasteiger partial charge in [-0.1, -0.05) is 22.9 Å². The number of ether oxygens (including phenoxy) is 2. The minimum Gasteiger partial charge on any atom is -0.494 e. The molecule has 0 radical (unpaired) electrons. The zero-order valence-corrected chi connectivity index (χ0v) is 17.0. The van der Waals surface area contributed by atoms with Crippen LogP contribution < -0.4 is 9.64 Å². The van der Waals surface area contributed by atoms with Crippen molar-refractivity contribution < 1.29 is 23.0 Å². The van der Waals surface area contributed by atoms with E-state index in [1.807, 2.05) is 0 Å². The van der Waals surface area contributed by atoms with E-state index in [0.717, 1.165) is 25.0 Å². The summed E-state index contributed by atoms with van der Waals surface area (Å²) in [5, 5.41) is 0.874. The fraction of sp³-hybridized carbons (Fsp3) is 0.300. The molecular weight excluding hydrogens is 422 g/mol. The fourth-order valence-electron chi connectivity index (χ4n) is 3.25. The molecule has 0 saturated carbocycles. The normalized spacial score (nSPS) is 16.3. The molecule has 5 nitrogen and oxygen atoms in total. The van der Waals surface area contributed by atoms with E-state index in [9.17, 15) is 13.6 Å². The van der Waals surface area contributed by atoms with Crippen molar-refractivity contribution in [3.63, 3.8) is 0 Å². The number of nitrogens with zero attached hydrogens (tertiary/aromatic N) is 2. The Morgan fingerprint density at radius 1 is 1.34 bits per heavy atom. The first-order chi connectivity index (χ1) is 14.0. The molecule has 152 valence electrons. The van der Waals surface area contributed by atoms with Crippen LogP contribution in [0.2, 0.25) is 5.02 Å². The monoisotopic (exact) mass is 438 g/mol. The third-order valence-corrected chi connectivity index (χ3v) is 6.26. The molecule has 1 unspecified atom stereocenters. The molecule has 2 heterocycles. The summed E-state index contributed by atoms with van der Waals surface area (Å²) in [6.45, 7) is 0.870. The number of aromatic nitrogens is 1. The van der Waals surface area contributed by atoms with Gasteiger partial charge in [-0.2, -0.15) is 0 Å². The molecule has 0 bridgehead atoms. The average molecular weight is 439 g/mol. The van der Waals surface area contributed by atoms with Gasteiger partial charge in [0, 0.05) is 12.2 Å². The summed E-state index contributed by atoms with van der Waals surface area (Å²) in [6.07, 6.45) is 1.54. The molecule has 4 rings (SSSR count). The predicted octanol–water partition coefficient (Wildman–Crippen LogP) is 5.06. The largest absolute Gasteiger partial charge is 0.494 e. The zero-order chi connectivity index (χ0) is 20.5. The van der Waals surface area contributed by atoms with E-state index in [1.54, 1.807) is 12.1 Å². The van der Waals surface area contributed by atoms with Gasteiger partial charge in [0.25, 0.3) is 5.91 Å². The molecule has 1 atom stereocenters. The number of benzene rings is 2. The van der Waals surface area contributed by atoms with Crippen molar-refractivity contribution in [1.82, 2.24) is 4.98 Å². The summed E-state index contributed by atoms with van der Waals surface area (Å²) in [4.78, 5) is 19.2. The molecular formula is C20H17ClF2N2O3S. The molecule has 2 aromatic carbocycles. The van der Waals surface area contributed by atoms with Crippen LogP contribution in [0, 0.1) is 11.6 Å². The second-order valence-corrected chi connectivity index (χ2v) is 7.99. The minimum atomic E-state index is -1.08. The maximum atomic E-state index is 13.7. The van der Waals surface area contributed by atoms with Crippen LogP contribution in [0.4, 0.5) is 13.9 Å². The summed E-state index contributed by atoms with van der Waals surface area (Å²) in [5.74, 6) is -2.05. The molecule has 0 aliphatic carbocycles. The van der Waals surface area contributed by atoms with Crippen LogP contribution in [0.25, 0.3) is 10.2 Å². The van der Waals surface area contributed by atoms with Gasteiger partial charge < -0.3 is 9.47 Å². The molecule has 3 aromatic rings. The third kappa shape index (κ3) is 3.92. The second-order valence-electron chi connectivity index (χ2n) is 6.60. The van der Waals surface area contributed by atoms with Gasteiger partial charge in [0.1, 0.15) is 11.3 Å². The van der Waals surface area contributed by atoms with Gasteiger partial charge in [-0.25, -0.2) is 13.8 Å². The lowest BCUT2D eigenvalue weighted by atomic mass is 10.1. The molecule has 1 fully saturated rings. The number of amides is 1. The Balaban J connectivity index is 1.77. The number of fused-ring (bicyclic) bond motifs is 1. The number of rotatable bonds is 5. The van der Waals surface area contributed by atoms with E-state index in [2.05, 4.69) is 4.98 Å². The van der Waals surface area contributed by atoms with Crippen LogP contribution in [0.3, 0.4) is 0 Å². The average Bonchev–Trinajstić information content (AvgIpc) is 3.38. The Morgan fingerprint density at radius 3 is 2.86 bits per heavy atom. The zero-order valence-electron chi connectivity index (χ0n) is 15.5. The molecule has 1 aromatic heterocycles. The highest BCUT2D eigenvalue weighted by Crippen LogP contribution is 2.39. The number of hydrogen-bond acceptors (Lipinski definition) is 5. The van der Waals surface area contributed by atoms with Crippen LogP contribution in [0.15, 0.2) is 30.3 Å². The van der Waals surface area contributed by atoms with Gasteiger partial charge in [-0.15, -0.1) is 0 Å². The predicted molar refractivity (Wildman–Crippen MR) is 108 cm³/mol. The number of hydrogen-bond donors (Lipinski definition) is 0. The first-order valence-electron chi connectivity index (χ1n) is 8.99. The van der Waals surface area contributed by atoms with Gasteiger partial charge >= 0.3 is 0 Å². The lowest BCUT2D eigenvalue weighted by Crippen LogP contribution is -2.37. The topological polar surface area (TPSA) is 51.7 Å². The highest BCUT2D eigenvalue weighted by molar-refractivity contribution is 7.23. The summed E-state index contributed by atoms with van der Waals surface area (Å²) < 4.78 is 38.7. The standard InChI is InChI=1S/C20H17ClF2N2O3S/c1-27-16-7-5-13(21)18-17(16)24-20(29-18)25(10-12-3-2-8-28-12)19(26)11-4-6-14(22)15(23)9-11/h4-7,9,12H,2-3,8,10H2,1H3. The third-order valence-electron chi connectivity index (χ3n) is 4.72. The van der Waals surface area contributed by atoms with Gasteiger partial charge in [-0.05, 0) is 43.2 Å². The number of carbonyl (C=O) groups excluding carboxylic acids is 1. The highest BCUT2D eigenvalue weighted by Gasteiger charge is 2.28. The summed E-state index contributed by atoms with van der Waals surface area (Å²) in [5.41, 5.74) is 0.564. The maximum absolute atomic E-state index is 13.7. The van der Waals surface area contributed by atoms with Gasteiger partial charge in [0.05, 0.1) is 29.5 Å². The van der Waals surface area contributed by atoms with Crippen LogP contribution in [-0.4, -0.2) is 37.3 Å². The van der Waals surface area contributed by atoms with Crippen LogP contribution >= 0.6 is 22.9 Å². The number of carbonyl (C=O) groups is 1. The summed E-state index contributed by atoms with van der Waals surface area (Å²) >= 11 is 7.54. The molecule has 1 aliphatic rings. The van der Waals surface area contributed by atoms with Crippen molar-refractivity contribution in [2.75, 3.05) is 25.2 Å². The molecule has 1 aliphatic heterocycles. The minimum absolute atomic E-state index is 0.0271. The maximum Gasteiger partial charge on any atom is 0.260 e. The SMILES string of the molecule is COc1ccc(Cl)c2sc(N(CC3CCCO3)C(=O)c3ccc(F)c(F)c3)nc12. The highest BCUT2D eigenvalue weighted by atomic mass is 35.5. The second kappa shape index (κ2) is 8.22. The smallest absolute Gasteiger partial charge is 0.260 e. The Morgan fingerprint density at radius 2 is 2.17 bits per heavy atom. The van der Waals surface area contributed by atoms with Crippen molar-refractivity contribution in [2.45, 2.75) is 18.9 Å². The molecule has 9 heteroatoms. The summed E-state index contributed by atoms with van der Waals surface area (Å²) in [6, 6.07) is 6.48. The molecule has 1 amide bonds. The number of anilines is 1. The van der Waals surface area contributed by atoms with E-state index in [1.165, 1.54) is 29.4 Å². The lowest BCUT2D eigenvalue weighted by molar-refractivity contribution is 0.0917. The number of thiazole rings is 1. The molecule has 0 spiro atoms. The Hall–Kier alpha value is -2.29. The Bertz CT molecular complexity index is 1070. The van der Waals surface area contributed by atoms with Crippen molar-refractivity contribution in [1.29, 1.82) is 0 Å². The van der Waals surface area contributed by atoms with Gasteiger partial charge in [0.2, 0.25) is 0 Å². The molecule has 1 saturated heterocycles. The van der Waals surface area contributed by atoms with Crippen molar-refractivity contribution in [2.24, 2.45) is 0 Å². The van der Waals surface area contributed by atoms with E-state index in [0.29, 0.717) is 32.7 Å². The van der Waals surface area contributed by atoms with E-state index < -0.39 is 17.5 Å². The van der Waals surface area contributed by atoms with E-state index in [-0.39, 0.29) is 18.2 Å². The van der Waals surface area contributed by atoms with E-state index in [4.69, 9.17) is 21.1 Å².